The maximum Gasteiger partial charge on any atom is 0.183 e. The van der Waals surface area contributed by atoms with Crippen molar-refractivity contribution in [1.29, 1.82) is 0 Å². The third kappa shape index (κ3) is 9.45. The summed E-state index contributed by atoms with van der Waals surface area (Å²) in [7, 11) is 0. The van der Waals surface area contributed by atoms with Crippen molar-refractivity contribution < 1.29 is 4.42 Å². The first kappa shape index (κ1) is 56.8. The molecule has 14 heteroatoms. The Kier molecular flexibility index (Phi) is 13.1. The van der Waals surface area contributed by atoms with E-state index in [-0.39, 0.29) is 0 Å². The van der Waals surface area contributed by atoms with Gasteiger partial charge in [0.1, 0.15) is 28.0 Å². The Morgan fingerprint density at radius 2 is 0.740 bits per heavy atom. The molecule has 0 aliphatic rings. The Hall–Kier alpha value is -13.6. The van der Waals surface area contributed by atoms with Crippen LogP contribution in [-0.2, 0) is 0 Å². The molecular formula is C86H50N12OS. The van der Waals surface area contributed by atoms with Crippen LogP contribution in [0.1, 0.15) is 0 Å². The number of hydrogen-bond acceptors (Lipinski definition) is 12. The highest BCUT2D eigenvalue weighted by molar-refractivity contribution is 7.25. The van der Waals surface area contributed by atoms with Crippen molar-refractivity contribution in [3.63, 3.8) is 0 Å². The molecule has 12 aromatic carbocycles. The quantitative estimate of drug-likeness (QED) is 0.122. The number of benzene rings is 12. The maximum atomic E-state index is 6.77. The molecule has 0 unspecified atom stereocenters. The molecule has 8 heterocycles. The molecule has 0 aliphatic heterocycles. The monoisotopic (exact) mass is 1300 g/mol. The first-order valence-corrected chi connectivity index (χ1v) is 33.7. The summed E-state index contributed by atoms with van der Waals surface area (Å²) in [5, 5.41) is 7.24. The predicted molar refractivity (Wildman–Crippen MR) is 402 cm³/mol. The minimum absolute atomic E-state index is 0.463. The zero-order valence-electron chi connectivity index (χ0n) is 53.1. The van der Waals surface area contributed by atoms with Gasteiger partial charge in [0.15, 0.2) is 46.4 Å². The molecule has 0 aliphatic carbocycles. The summed E-state index contributed by atoms with van der Waals surface area (Å²) in [5.74, 6) is 3.78. The molecular weight excluding hydrogens is 1250 g/mol. The van der Waals surface area contributed by atoms with Crippen molar-refractivity contribution in [1.82, 2.24) is 59.0 Å². The molecule has 0 N–H and O–H groups in total. The SMILES string of the molecule is c1ccc(-c2nc(-c3ccc(-c4ccc(-n5c6ccccc6c6cc(-c7ccc(-c8nc(-c9ccccc9)nc(-c9ccccc9)n8)c8c7oc7cncnc78)ccc65)cc4)cc3)nc(-c3nc(-c4ccc5c(c4)c4ccccc4n5-c4ccccc4)nc4sc5ccccc5c34)n2)cc1. The standard InChI is InChI=1S/C86H50N12OS/c1-5-19-53(20-6-1)79-90-80(54-21-7-2-8-22-54)93-84(92-79)65-44-43-61(78-74(65)76-72(99-78)49-87-50-88-76)57-39-45-70-66(47-57)62-27-13-17-31-69(62)98(70)60-41-37-52(38-42-60)51-33-35-56(36-34-51)82-91-81(55-23-9-3-10-24-55)94-85(95-82)77-75-64-29-15-18-32-73(64)100-86(75)96-83(89-77)58-40-46-71-67(48-58)63-28-14-16-30-68(63)97(71)59-25-11-4-12-26-59/h1-50H. The van der Waals surface area contributed by atoms with Gasteiger partial charge in [0.2, 0.25) is 0 Å². The lowest BCUT2D eigenvalue weighted by molar-refractivity contribution is 0.667. The summed E-state index contributed by atoms with van der Waals surface area (Å²) in [6, 6.07) is 101. The molecule has 8 aromatic heterocycles. The van der Waals surface area contributed by atoms with Gasteiger partial charge in [0.05, 0.1) is 33.6 Å². The molecule has 0 radical (unpaired) electrons. The third-order valence-electron chi connectivity index (χ3n) is 18.9. The van der Waals surface area contributed by atoms with E-state index >= 15 is 0 Å². The smallest absolute Gasteiger partial charge is 0.183 e. The maximum absolute atomic E-state index is 6.77. The summed E-state index contributed by atoms with van der Waals surface area (Å²) in [4.78, 5) is 51.9. The highest BCUT2D eigenvalue weighted by atomic mass is 32.1. The minimum atomic E-state index is 0.463. The second kappa shape index (κ2) is 23.1. The number of para-hydroxylation sites is 3. The van der Waals surface area contributed by atoms with Crippen molar-refractivity contribution in [2.45, 2.75) is 0 Å². The zero-order chi connectivity index (χ0) is 65.8. The van der Waals surface area contributed by atoms with E-state index in [9.17, 15) is 0 Å². The molecule has 20 aromatic rings. The second-order valence-corrected chi connectivity index (χ2v) is 25.7. The van der Waals surface area contributed by atoms with E-state index in [2.05, 4.69) is 214 Å². The highest BCUT2D eigenvalue weighted by Gasteiger charge is 2.26. The largest absolute Gasteiger partial charge is 0.452 e. The third-order valence-corrected chi connectivity index (χ3v) is 19.9. The van der Waals surface area contributed by atoms with E-state index in [1.54, 1.807) is 23.9 Å². The average molecular weight is 1300 g/mol. The van der Waals surface area contributed by atoms with Gasteiger partial charge < -0.3 is 13.6 Å². The van der Waals surface area contributed by atoms with Crippen LogP contribution in [0, 0.1) is 0 Å². The van der Waals surface area contributed by atoms with Crippen LogP contribution in [0.5, 0.6) is 0 Å². The fourth-order valence-electron chi connectivity index (χ4n) is 14.2. The van der Waals surface area contributed by atoms with Gasteiger partial charge in [0.25, 0.3) is 0 Å². The van der Waals surface area contributed by atoms with Crippen molar-refractivity contribution in [3.05, 3.63) is 304 Å². The fourth-order valence-corrected chi connectivity index (χ4v) is 15.3. The van der Waals surface area contributed by atoms with Crippen molar-refractivity contribution >= 4 is 97.3 Å². The Morgan fingerprint density at radius 1 is 0.300 bits per heavy atom. The Balaban J connectivity index is 0.653. The minimum Gasteiger partial charge on any atom is -0.452 e. The molecule has 100 heavy (non-hydrogen) atoms. The van der Waals surface area contributed by atoms with E-state index < -0.39 is 0 Å². The van der Waals surface area contributed by atoms with Crippen LogP contribution in [0.4, 0.5) is 0 Å². The number of furan rings is 1. The lowest BCUT2D eigenvalue weighted by Gasteiger charge is -2.12. The Labute approximate surface area is 574 Å². The van der Waals surface area contributed by atoms with E-state index in [0.29, 0.717) is 63.1 Å². The van der Waals surface area contributed by atoms with Gasteiger partial charge in [-0.3, -0.25) is 0 Å². The van der Waals surface area contributed by atoms with Crippen LogP contribution >= 0.6 is 11.3 Å². The van der Waals surface area contributed by atoms with Gasteiger partial charge in [0, 0.05) is 87.3 Å². The summed E-state index contributed by atoms with van der Waals surface area (Å²) in [5.41, 5.74) is 18.2. The molecule has 13 nitrogen and oxygen atoms in total. The highest BCUT2D eigenvalue weighted by Crippen LogP contribution is 2.45. The first-order valence-electron chi connectivity index (χ1n) is 32.9. The Morgan fingerprint density at radius 3 is 1.35 bits per heavy atom. The van der Waals surface area contributed by atoms with E-state index in [0.717, 1.165) is 136 Å². The van der Waals surface area contributed by atoms with Gasteiger partial charge in [-0.15, -0.1) is 11.3 Å². The molecule has 0 bridgehead atoms. The van der Waals surface area contributed by atoms with Gasteiger partial charge >= 0.3 is 0 Å². The van der Waals surface area contributed by atoms with Crippen LogP contribution in [0.3, 0.4) is 0 Å². The summed E-state index contributed by atoms with van der Waals surface area (Å²) < 4.78 is 12.5. The van der Waals surface area contributed by atoms with Crippen LogP contribution in [0.15, 0.2) is 308 Å². The summed E-state index contributed by atoms with van der Waals surface area (Å²) in [6.07, 6.45) is 3.27. The van der Waals surface area contributed by atoms with Crippen molar-refractivity contribution in [2.24, 2.45) is 0 Å². The first-order chi connectivity index (χ1) is 49.5. The number of thiophene rings is 1. The number of hydrogen-bond donors (Lipinski definition) is 0. The molecule has 0 fully saturated rings. The summed E-state index contributed by atoms with van der Waals surface area (Å²) >= 11 is 1.65. The number of rotatable bonds is 11. The van der Waals surface area contributed by atoms with E-state index in [4.69, 9.17) is 49.3 Å². The van der Waals surface area contributed by atoms with E-state index in [1.807, 2.05) is 91.0 Å². The second-order valence-electron chi connectivity index (χ2n) is 24.7. The zero-order valence-corrected chi connectivity index (χ0v) is 53.9. The summed E-state index contributed by atoms with van der Waals surface area (Å²) in [6.45, 7) is 0. The lowest BCUT2D eigenvalue weighted by Crippen LogP contribution is -2.03. The number of fused-ring (bicyclic) bond motifs is 12. The van der Waals surface area contributed by atoms with Crippen LogP contribution in [0.2, 0.25) is 0 Å². The molecule has 0 spiro atoms. The molecule has 20 rings (SSSR count). The molecule has 0 saturated heterocycles. The van der Waals surface area contributed by atoms with Crippen molar-refractivity contribution in [2.75, 3.05) is 0 Å². The van der Waals surface area contributed by atoms with Gasteiger partial charge in [-0.2, -0.15) is 0 Å². The van der Waals surface area contributed by atoms with E-state index in [1.165, 1.54) is 0 Å². The van der Waals surface area contributed by atoms with Gasteiger partial charge in [-0.1, -0.05) is 206 Å². The molecule has 0 amide bonds. The van der Waals surface area contributed by atoms with Crippen LogP contribution in [-0.4, -0.2) is 59.0 Å². The van der Waals surface area contributed by atoms with Crippen LogP contribution < -0.4 is 0 Å². The average Bonchev–Trinajstić information content (AvgIpc) is 1.55. The normalized spacial score (nSPS) is 11.8. The van der Waals surface area contributed by atoms with Crippen LogP contribution in [0.25, 0.3) is 199 Å². The Bertz CT molecular complexity index is 6580. The molecule has 0 saturated carbocycles. The van der Waals surface area contributed by atoms with Gasteiger partial charge in [-0.25, -0.2) is 49.8 Å². The van der Waals surface area contributed by atoms with Gasteiger partial charge in [-0.05, 0) is 102 Å². The fraction of sp³-hybridized carbons (Fsp3) is 0. The molecule has 466 valence electrons. The number of nitrogens with zero attached hydrogens (tertiary/aromatic N) is 12. The topological polar surface area (TPSA) is 152 Å². The predicted octanol–water partition coefficient (Wildman–Crippen LogP) is 21.1. The van der Waals surface area contributed by atoms with Crippen molar-refractivity contribution in [3.8, 4) is 113 Å². The molecule has 0 atom stereocenters. The number of aromatic nitrogens is 12. The lowest BCUT2D eigenvalue weighted by atomic mass is 9.98.